The number of carbonyl (C=O) groups excluding carboxylic acids is 1. The van der Waals surface area contributed by atoms with Gasteiger partial charge in [-0.3, -0.25) is 4.79 Å². The lowest BCUT2D eigenvalue weighted by atomic mass is 9.95. The molecule has 110 valence electrons. The van der Waals surface area contributed by atoms with Crippen molar-refractivity contribution in [2.45, 2.75) is 56.7 Å². The van der Waals surface area contributed by atoms with Crippen molar-refractivity contribution in [2.24, 2.45) is 11.8 Å². The van der Waals surface area contributed by atoms with Crippen LogP contribution in [0.5, 0.6) is 0 Å². The van der Waals surface area contributed by atoms with E-state index in [2.05, 4.69) is 22.4 Å². The van der Waals surface area contributed by atoms with Crippen LogP contribution in [0.25, 0.3) is 0 Å². The van der Waals surface area contributed by atoms with Crippen molar-refractivity contribution in [3.05, 3.63) is 5.89 Å². The first-order valence-electron chi connectivity index (χ1n) is 7.49. The number of carbonyl (C=O) groups is 1. The molecule has 0 saturated heterocycles. The van der Waals surface area contributed by atoms with Crippen LogP contribution < -0.4 is 5.32 Å². The van der Waals surface area contributed by atoms with E-state index in [1.165, 1.54) is 37.4 Å². The Hall–Kier alpha value is -1.04. The average Bonchev–Trinajstić information content (AvgIpc) is 3.13. The van der Waals surface area contributed by atoms with Crippen molar-refractivity contribution in [1.29, 1.82) is 0 Å². The molecule has 20 heavy (non-hydrogen) atoms. The number of thioether (sulfide) groups is 1. The molecular formula is C14H21N3O2S. The number of hydrogen-bond donors (Lipinski definition) is 1. The largest absolute Gasteiger partial charge is 0.416 e. The van der Waals surface area contributed by atoms with Crippen LogP contribution in [0, 0.1) is 11.8 Å². The number of aryl methyl sites for hydroxylation is 1. The quantitative estimate of drug-likeness (QED) is 0.816. The zero-order valence-corrected chi connectivity index (χ0v) is 12.6. The molecular weight excluding hydrogens is 274 g/mol. The van der Waals surface area contributed by atoms with E-state index in [0.717, 1.165) is 18.8 Å². The summed E-state index contributed by atoms with van der Waals surface area (Å²) >= 11 is 1.33. The fraction of sp³-hybridized carbons (Fsp3) is 0.786. The molecule has 1 amide bonds. The topological polar surface area (TPSA) is 68.0 Å². The number of nitrogens with one attached hydrogen (secondary N) is 1. The van der Waals surface area contributed by atoms with Crippen LogP contribution in [0.3, 0.4) is 0 Å². The highest BCUT2D eigenvalue weighted by molar-refractivity contribution is 7.99. The molecule has 5 nitrogen and oxygen atoms in total. The van der Waals surface area contributed by atoms with E-state index in [4.69, 9.17) is 4.42 Å². The Morgan fingerprint density at radius 2 is 2.30 bits per heavy atom. The molecule has 1 N–H and O–H groups in total. The molecule has 2 aliphatic carbocycles. The van der Waals surface area contributed by atoms with Gasteiger partial charge in [0.05, 0.1) is 5.75 Å². The smallest absolute Gasteiger partial charge is 0.277 e. The molecule has 1 heterocycles. The molecule has 2 bridgehead atoms. The summed E-state index contributed by atoms with van der Waals surface area (Å²) in [5.74, 6) is 2.67. The van der Waals surface area contributed by atoms with Gasteiger partial charge in [0.25, 0.3) is 5.22 Å². The zero-order valence-electron chi connectivity index (χ0n) is 11.8. The van der Waals surface area contributed by atoms with Gasteiger partial charge < -0.3 is 9.73 Å². The predicted octanol–water partition coefficient (Wildman–Crippen LogP) is 2.42. The Kier molecular flexibility index (Phi) is 4.29. The molecule has 0 aliphatic heterocycles. The lowest BCUT2D eigenvalue weighted by Gasteiger charge is -2.22. The summed E-state index contributed by atoms with van der Waals surface area (Å²) in [6.07, 6.45) is 6.90. The van der Waals surface area contributed by atoms with Crippen LogP contribution in [0.4, 0.5) is 0 Å². The molecule has 2 fully saturated rings. The van der Waals surface area contributed by atoms with Crippen molar-refractivity contribution in [3.63, 3.8) is 0 Å². The molecule has 3 atom stereocenters. The molecule has 2 aliphatic rings. The zero-order chi connectivity index (χ0) is 13.9. The van der Waals surface area contributed by atoms with E-state index in [1.54, 1.807) is 0 Å². The number of fused-ring (bicyclic) bond motifs is 2. The van der Waals surface area contributed by atoms with E-state index in [9.17, 15) is 4.79 Å². The number of nitrogens with zero attached hydrogens (tertiary/aromatic N) is 2. The van der Waals surface area contributed by atoms with Crippen molar-refractivity contribution < 1.29 is 9.21 Å². The van der Waals surface area contributed by atoms with Crippen LogP contribution in [-0.4, -0.2) is 27.9 Å². The third kappa shape index (κ3) is 3.16. The maximum absolute atomic E-state index is 12.0. The Bertz CT molecular complexity index is 477. The van der Waals surface area contributed by atoms with Gasteiger partial charge in [-0.2, -0.15) is 0 Å². The van der Waals surface area contributed by atoms with Gasteiger partial charge in [0.2, 0.25) is 11.8 Å². The van der Waals surface area contributed by atoms with Gasteiger partial charge in [-0.05, 0) is 37.5 Å². The lowest BCUT2D eigenvalue weighted by molar-refractivity contribution is -0.119. The predicted molar refractivity (Wildman–Crippen MR) is 76.4 cm³/mol. The Labute approximate surface area is 123 Å². The normalized spacial score (nSPS) is 27.9. The van der Waals surface area contributed by atoms with E-state index >= 15 is 0 Å². The SMILES string of the molecule is CCCc1nnc(SCC(=O)N[C@@H]2C[C@H]3CC[C@H]2C3)o1. The van der Waals surface area contributed by atoms with Gasteiger partial charge in [-0.25, -0.2) is 0 Å². The monoisotopic (exact) mass is 295 g/mol. The second kappa shape index (κ2) is 6.16. The summed E-state index contributed by atoms with van der Waals surface area (Å²) in [6.45, 7) is 2.07. The van der Waals surface area contributed by atoms with Gasteiger partial charge in [0, 0.05) is 12.5 Å². The minimum Gasteiger partial charge on any atom is -0.416 e. The van der Waals surface area contributed by atoms with Crippen molar-refractivity contribution in [3.8, 4) is 0 Å². The summed E-state index contributed by atoms with van der Waals surface area (Å²) in [4.78, 5) is 12.0. The summed E-state index contributed by atoms with van der Waals surface area (Å²) in [5.41, 5.74) is 0. The van der Waals surface area contributed by atoms with Crippen LogP contribution in [-0.2, 0) is 11.2 Å². The van der Waals surface area contributed by atoms with Gasteiger partial charge >= 0.3 is 0 Å². The van der Waals surface area contributed by atoms with E-state index in [0.29, 0.717) is 28.8 Å². The molecule has 1 aromatic rings. The highest BCUT2D eigenvalue weighted by Crippen LogP contribution is 2.44. The Balaban J connectivity index is 1.42. The molecule has 0 aromatic carbocycles. The second-order valence-corrected chi connectivity index (χ2v) is 6.78. The highest BCUT2D eigenvalue weighted by atomic mass is 32.2. The summed E-state index contributed by atoms with van der Waals surface area (Å²) in [7, 11) is 0. The van der Waals surface area contributed by atoms with E-state index in [-0.39, 0.29) is 5.91 Å². The van der Waals surface area contributed by atoms with Crippen molar-refractivity contribution in [1.82, 2.24) is 15.5 Å². The van der Waals surface area contributed by atoms with Gasteiger partial charge in [0.15, 0.2) is 0 Å². The van der Waals surface area contributed by atoms with Crippen LogP contribution in [0.2, 0.25) is 0 Å². The standard InChI is InChI=1S/C14H21N3O2S/c1-2-3-13-16-17-14(19-13)20-8-12(18)15-11-7-9-4-5-10(11)6-9/h9-11H,2-8H2,1H3,(H,15,18)/t9-,10-,11+/m0/s1. The van der Waals surface area contributed by atoms with Crippen molar-refractivity contribution >= 4 is 17.7 Å². The maximum atomic E-state index is 12.0. The van der Waals surface area contributed by atoms with Crippen LogP contribution in [0.15, 0.2) is 9.64 Å². The van der Waals surface area contributed by atoms with Gasteiger partial charge in [-0.1, -0.05) is 25.1 Å². The first-order valence-corrected chi connectivity index (χ1v) is 8.47. The Morgan fingerprint density at radius 3 is 3.00 bits per heavy atom. The highest BCUT2D eigenvalue weighted by Gasteiger charge is 2.39. The number of amides is 1. The fourth-order valence-electron chi connectivity index (χ4n) is 3.41. The summed E-state index contributed by atoms with van der Waals surface area (Å²) in [5, 5.41) is 11.6. The minimum absolute atomic E-state index is 0.0859. The third-order valence-electron chi connectivity index (χ3n) is 4.32. The lowest BCUT2D eigenvalue weighted by Crippen LogP contribution is -2.39. The molecule has 2 saturated carbocycles. The van der Waals surface area contributed by atoms with E-state index < -0.39 is 0 Å². The molecule has 0 unspecified atom stereocenters. The third-order valence-corrected chi connectivity index (χ3v) is 5.14. The molecule has 6 heteroatoms. The Morgan fingerprint density at radius 1 is 1.40 bits per heavy atom. The van der Waals surface area contributed by atoms with Gasteiger partial charge in [-0.15, -0.1) is 10.2 Å². The first-order chi connectivity index (χ1) is 9.74. The molecule has 1 aromatic heterocycles. The van der Waals surface area contributed by atoms with Crippen molar-refractivity contribution in [2.75, 3.05) is 5.75 Å². The molecule has 3 rings (SSSR count). The average molecular weight is 295 g/mol. The van der Waals surface area contributed by atoms with Crippen LogP contribution >= 0.6 is 11.8 Å². The summed E-state index contributed by atoms with van der Waals surface area (Å²) < 4.78 is 5.45. The fourth-order valence-corrected chi connectivity index (χ4v) is 4.00. The minimum atomic E-state index is 0.0859. The first kappa shape index (κ1) is 13.9. The number of aromatic nitrogens is 2. The number of rotatable bonds is 6. The van der Waals surface area contributed by atoms with E-state index in [1.807, 2.05) is 0 Å². The van der Waals surface area contributed by atoms with Gasteiger partial charge in [0.1, 0.15) is 0 Å². The second-order valence-electron chi connectivity index (χ2n) is 5.85. The van der Waals surface area contributed by atoms with Crippen LogP contribution in [0.1, 0.15) is 44.9 Å². The number of hydrogen-bond acceptors (Lipinski definition) is 5. The maximum Gasteiger partial charge on any atom is 0.277 e. The molecule has 0 radical (unpaired) electrons. The summed E-state index contributed by atoms with van der Waals surface area (Å²) in [6, 6.07) is 0.403. The molecule has 0 spiro atoms.